The van der Waals surface area contributed by atoms with E-state index in [1.54, 1.807) is 66.7 Å². The molecular weight excluding hydrogens is 484 g/mol. The van der Waals surface area contributed by atoms with E-state index in [0.717, 1.165) is 5.56 Å². The van der Waals surface area contributed by atoms with E-state index in [0.29, 0.717) is 33.6 Å². The fraction of sp³-hybridized carbons (Fsp3) is 0.323. The monoisotopic (exact) mass is 518 g/mol. The molecule has 0 aliphatic rings. The number of Topliss-reactive ketones (excluding diaryl/α,β-unsaturated/α-hetero) is 3. The fourth-order valence-electron chi connectivity index (χ4n) is 3.80. The number of hydrogen-bond donors (Lipinski definition) is 3. The quantitative estimate of drug-likeness (QED) is 0.330. The van der Waals surface area contributed by atoms with Crippen molar-refractivity contribution in [3.8, 4) is 16.9 Å². The highest BCUT2D eigenvalue weighted by Gasteiger charge is 2.28. The molecule has 3 aromatic carbocycles. The molecule has 38 heavy (non-hydrogen) atoms. The second kappa shape index (κ2) is 10.6. The van der Waals surface area contributed by atoms with E-state index < -0.39 is 28.4 Å². The molecule has 7 heteroatoms. The van der Waals surface area contributed by atoms with Crippen molar-refractivity contribution < 1.29 is 34.4 Å². The molecule has 0 atom stereocenters. The molecule has 0 fully saturated rings. The van der Waals surface area contributed by atoms with Crippen molar-refractivity contribution in [2.75, 3.05) is 0 Å². The molecule has 7 nitrogen and oxygen atoms in total. The highest BCUT2D eigenvalue weighted by molar-refractivity contribution is 6.04. The largest absolute Gasteiger partial charge is 0.488 e. The van der Waals surface area contributed by atoms with Gasteiger partial charge >= 0.3 is 0 Å². The third-order valence-corrected chi connectivity index (χ3v) is 5.98. The summed E-state index contributed by atoms with van der Waals surface area (Å²) in [5, 5.41) is 30.2. The van der Waals surface area contributed by atoms with Gasteiger partial charge in [-0.15, -0.1) is 0 Å². The van der Waals surface area contributed by atoms with Crippen LogP contribution in [-0.2, 0) is 6.61 Å². The van der Waals surface area contributed by atoms with E-state index >= 15 is 0 Å². The van der Waals surface area contributed by atoms with E-state index in [2.05, 4.69) is 0 Å². The third kappa shape index (κ3) is 6.81. The standard InChI is InChI=1S/C31H34O7/c1-29(2,35)26(32)21-9-7-19(8-10-21)18-38-25-16-15-23(28(34)31(5,6)37)17-24(25)20-11-13-22(14-12-20)27(33)30(3,4)36/h7-17,35-37H,18H2,1-6H3. The lowest BCUT2D eigenvalue weighted by atomic mass is 9.92. The van der Waals surface area contributed by atoms with Crippen molar-refractivity contribution in [1.29, 1.82) is 0 Å². The average molecular weight is 519 g/mol. The summed E-state index contributed by atoms with van der Waals surface area (Å²) in [5.41, 5.74) is -1.49. The van der Waals surface area contributed by atoms with Crippen molar-refractivity contribution >= 4 is 17.3 Å². The Kier molecular flexibility index (Phi) is 8.07. The van der Waals surface area contributed by atoms with Crippen LogP contribution >= 0.6 is 0 Å². The molecule has 0 aliphatic carbocycles. The van der Waals surface area contributed by atoms with E-state index in [1.165, 1.54) is 41.5 Å². The van der Waals surface area contributed by atoms with Crippen LogP contribution in [-0.4, -0.2) is 49.5 Å². The summed E-state index contributed by atoms with van der Waals surface area (Å²) in [7, 11) is 0. The van der Waals surface area contributed by atoms with Crippen LogP contribution in [0.25, 0.3) is 11.1 Å². The van der Waals surface area contributed by atoms with Gasteiger partial charge in [-0.05, 0) is 70.9 Å². The summed E-state index contributed by atoms with van der Waals surface area (Å²) in [4.78, 5) is 37.5. The van der Waals surface area contributed by atoms with Crippen LogP contribution in [0, 0.1) is 0 Å². The van der Waals surface area contributed by atoms with Gasteiger partial charge in [-0.3, -0.25) is 14.4 Å². The molecule has 3 N–H and O–H groups in total. The molecule has 3 rings (SSSR count). The van der Waals surface area contributed by atoms with E-state index in [4.69, 9.17) is 4.74 Å². The molecular formula is C31H34O7. The normalized spacial score (nSPS) is 12.2. The smallest absolute Gasteiger partial charge is 0.193 e. The molecule has 200 valence electrons. The number of hydrogen-bond acceptors (Lipinski definition) is 7. The summed E-state index contributed by atoms with van der Waals surface area (Å²) < 4.78 is 6.08. The van der Waals surface area contributed by atoms with Gasteiger partial charge < -0.3 is 20.1 Å². The molecule has 0 spiro atoms. The Labute approximate surface area is 222 Å². The second-order valence-electron chi connectivity index (χ2n) is 10.9. The van der Waals surface area contributed by atoms with Crippen molar-refractivity contribution in [2.45, 2.75) is 65.0 Å². The molecule has 0 amide bonds. The van der Waals surface area contributed by atoms with Gasteiger partial charge in [-0.1, -0.05) is 48.5 Å². The fourth-order valence-corrected chi connectivity index (χ4v) is 3.80. The Morgan fingerprint density at radius 3 is 1.45 bits per heavy atom. The van der Waals surface area contributed by atoms with Crippen LogP contribution in [0.5, 0.6) is 5.75 Å². The number of ketones is 3. The summed E-state index contributed by atoms with van der Waals surface area (Å²) >= 11 is 0. The maximum absolute atomic E-state index is 12.7. The Morgan fingerprint density at radius 2 is 1.00 bits per heavy atom. The van der Waals surface area contributed by atoms with Crippen molar-refractivity contribution in [3.63, 3.8) is 0 Å². The first-order chi connectivity index (χ1) is 17.5. The summed E-state index contributed by atoms with van der Waals surface area (Å²) in [6, 6.07) is 18.2. The van der Waals surface area contributed by atoms with Crippen LogP contribution in [0.4, 0.5) is 0 Å². The first-order valence-corrected chi connectivity index (χ1v) is 12.3. The maximum atomic E-state index is 12.7. The van der Waals surface area contributed by atoms with Crippen LogP contribution in [0.1, 0.15) is 78.2 Å². The zero-order valence-electron chi connectivity index (χ0n) is 22.5. The topological polar surface area (TPSA) is 121 Å². The molecule has 0 aliphatic heterocycles. The average Bonchev–Trinajstić information content (AvgIpc) is 2.85. The minimum Gasteiger partial charge on any atom is -0.488 e. The molecule has 0 radical (unpaired) electrons. The maximum Gasteiger partial charge on any atom is 0.193 e. The van der Waals surface area contributed by atoms with E-state index in [9.17, 15) is 29.7 Å². The van der Waals surface area contributed by atoms with Gasteiger partial charge in [0.25, 0.3) is 0 Å². The van der Waals surface area contributed by atoms with Gasteiger partial charge in [0.05, 0.1) is 0 Å². The Hall–Kier alpha value is -3.65. The Bertz CT molecular complexity index is 1330. The predicted molar refractivity (Wildman–Crippen MR) is 145 cm³/mol. The van der Waals surface area contributed by atoms with Crippen molar-refractivity contribution in [3.05, 3.63) is 89.0 Å². The van der Waals surface area contributed by atoms with Crippen molar-refractivity contribution in [1.82, 2.24) is 0 Å². The Balaban J connectivity index is 1.93. The zero-order chi connectivity index (χ0) is 28.5. The summed E-state index contributed by atoms with van der Waals surface area (Å²) in [6.07, 6.45) is 0. The van der Waals surface area contributed by atoms with Gasteiger partial charge in [-0.2, -0.15) is 0 Å². The molecule has 0 saturated carbocycles. The molecule has 0 bridgehead atoms. The number of ether oxygens (including phenoxy) is 1. The lowest BCUT2D eigenvalue weighted by molar-refractivity contribution is 0.0487. The number of benzene rings is 3. The molecule has 0 aromatic heterocycles. The number of carbonyl (C=O) groups excluding carboxylic acids is 3. The summed E-state index contributed by atoms with van der Waals surface area (Å²) in [5.74, 6) is -0.787. The summed E-state index contributed by atoms with van der Waals surface area (Å²) in [6.45, 7) is 8.73. The van der Waals surface area contributed by atoms with E-state index in [-0.39, 0.29) is 12.4 Å². The number of carbonyl (C=O) groups is 3. The lowest BCUT2D eigenvalue weighted by Crippen LogP contribution is -2.31. The third-order valence-electron chi connectivity index (χ3n) is 5.98. The van der Waals surface area contributed by atoms with Gasteiger partial charge in [0.1, 0.15) is 29.2 Å². The van der Waals surface area contributed by atoms with Gasteiger partial charge in [0, 0.05) is 22.3 Å². The first kappa shape index (κ1) is 28.9. The molecule has 0 saturated heterocycles. The van der Waals surface area contributed by atoms with Crippen LogP contribution in [0.3, 0.4) is 0 Å². The van der Waals surface area contributed by atoms with Crippen LogP contribution in [0.15, 0.2) is 66.7 Å². The highest BCUT2D eigenvalue weighted by atomic mass is 16.5. The molecule has 0 heterocycles. The number of aliphatic hydroxyl groups is 3. The van der Waals surface area contributed by atoms with Crippen LogP contribution < -0.4 is 4.74 Å². The van der Waals surface area contributed by atoms with Gasteiger partial charge in [-0.25, -0.2) is 0 Å². The van der Waals surface area contributed by atoms with Gasteiger partial charge in [0.2, 0.25) is 0 Å². The van der Waals surface area contributed by atoms with Gasteiger partial charge in [0.15, 0.2) is 17.3 Å². The zero-order valence-corrected chi connectivity index (χ0v) is 22.5. The lowest BCUT2D eigenvalue weighted by Gasteiger charge is -2.19. The predicted octanol–water partition coefficient (Wildman–Crippen LogP) is 4.79. The van der Waals surface area contributed by atoms with Crippen molar-refractivity contribution in [2.24, 2.45) is 0 Å². The SMILES string of the molecule is CC(C)(O)C(=O)c1ccc(COc2ccc(C(=O)C(C)(C)O)cc2-c2ccc(C(=O)C(C)(C)O)cc2)cc1. The Morgan fingerprint density at radius 1 is 0.605 bits per heavy atom. The van der Waals surface area contributed by atoms with Crippen LogP contribution in [0.2, 0.25) is 0 Å². The second-order valence-corrected chi connectivity index (χ2v) is 10.9. The molecule has 3 aromatic rings. The minimum absolute atomic E-state index is 0.165. The molecule has 0 unspecified atom stereocenters. The minimum atomic E-state index is -1.56. The highest BCUT2D eigenvalue weighted by Crippen LogP contribution is 2.33. The number of rotatable bonds is 10. The van der Waals surface area contributed by atoms with E-state index in [1.807, 2.05) is 0 Å². The first-order valence-electron chi connectivity index (χ1n) is 12.3.